The van der Waals surface area contributed by atoms with Crippen LogP contribution in [0, 0.1) is 11.3 Å². The molecule has 1 aromatic carbocycles. The van der Waals surface area contributed by atoms with E-state index in [4.69, 9.17) is 4.98 Å². The maximum Gasteiger partial charge on any atom is 0.109 e. The molecule has 2 aromatic rings. The van der Waals surface area contributed by atoms with Crippen LogP contribution >= 0.6 is 0 Å². The summed E-state index contributed by atoms with van der Waals surface area (Å²) in [5.41, 5.74) is 1.90. The standard InChI is InChI=1S/C17H22N4/c1-3-16-20-14-7-5-6-8-15(14)21(16)13-9-10-17(11-13,12-18)19-4-2/h5-8,13,19H,3-4,9-11H2,1-2H3. The summed E-state index contributed by atoms with van der Waals surface area (Å²) >= 11 is 0. The summed E-state index contributed by atoms with van der Waals surface area (Å²) in [6.07, 6.45) is 3.74. The van der Waals surface area contributed by atoms with Gasteiger partial charge in [0.15, 0.2) is 0 Å². The van der Waals surface area contributed by atoms with E-state index in [0.717, 1.165) is 43.6 Å². The number of benzene rings is 1. The van der Waals surface area contributed by atoms with Gasteiger partial charge in [0.25, 0.3) is 0 Å². The Kier molecular flexibility index (Phi) is 3.69. The molecular weight excluding hydrogens is 260 g/mol. The van der Waals surface area contributed by atoms with Crippen molar-refractivity contribution in [3.05, 3.63) is 30.1 Å². The number of rotatable bonds is 4. The Morgan fingerprint density at radius 2 is 2.24 bits per heavy atom. The number of aromatic nitrogens is 2. The zero-order valence-electron chi connectivity index (χ0n) is 12.8. The fourth-order valence-corrected chi connectivity index (χ4v) is 3.63. The summed E-state index contributed by atoms with van der Waals surface area (Å²) in [6.45, 7) is 5.05. The number of fused-ring (bicyclic) bond motifs is 1. The molecule has 0 saturated heterocycles. The predicted molar refractivity (Wildman–Crippen MR) is 84.0 cm³/mol. The van der Waals surface area contributed by atoms with E-state index in [9.17, 15) is 5.26 Å². The molecule has 0 amide bonds. The predicted octanol–water partition coefficient (Wildman–Crippen LogP) is 3.20. The average Bonchev–Trinajstić information content (AvgIpc) is 3.08. The van der Waals surface area contributed by atoms with Crippen LogP contribution < -0.4 is 5.32 Å². The lowest BCUT2D eigenvalue weighted by atomic mass is 9.99. The maximum absolute atomic E-state index is 9.57. The van der Waals surface area contributed by atoms with Gasteiger partial charge >= 0.3 is 0 Å². The van der Waals surface area contributed by atoms with Gasteiger partial charge in [-0.1, -0.05) is 26.0 Å². The van der Waals surface area contributed by atoms with Gasteiger partial charge < -0.3 is 4.57 Å². The fraction of sp³-hybridized carbons (Fsp3) is 0.529. The Morgan fingerprint density at radius 3 is 2.95 bits per heavy atom. The molecule has 1 aromatic heterocycles. The van der Waals surface area contributed by atoms with E-state index < -0.39 is 0 Å². The van der Waals surface area contributed by atoms with Crippen molar-refractivity contribution in [2.24, 2.45) is 0 Å². The van der Waals surface area contributed by atoms with E-state index in [1.165, 1.54) is 5.52 Å². The summed E-state index contributed by atoms with van der Waals surface area (Å²) in [4.78, 5) is 4.75. The van der Waals surface area contributed by atoms with Crippen molar-refractivity contribution in [3.8, 4) is 6.07 Å². The van der Waals surface area contributed by atoms with E-state index >= 15 is 0 Å². The average molecular weight is 282 g/mol. The molecule has 21 heavy (non-hydrogen) atoms. The summed E-state index contributed by atoms with van der Waals surface area (Å²) in [5, 5.41) is 13.0. The quantitative estimate of drug-likeness (QED) is 0.937. The van der Waals surface area contributed by atoms with Gasteiger partial charge in [-0.25, -0.2) is 4.98 Å². The molecule has 1 saturated carbocycles. The third-order valence-electron chi connectivity index (χ3n) is 4.57. The SMILES string of the molecule is CCNC1(C#N)CCC(n2c(CC)nc3ccccc32)C1. The normalized spacial score (nSPS) is 25.3. The number of nitriles is 1. The van der Waals surface area contributed by atoms with Crippen LogP contribution in [0.25, 0.3) is 11.0 Å². The summed E-state index contributed by atoms with van der Waals surface area (Å²) in [7, 11) is 0. The van der Waals surface area contributed by atoms with Crippen molar-refractivity contribution in [2.75, 3.05) is 6.54 Å². The van der Waals surface area contributed by atoms with Crippen LogP contribution in [0.4, 0.5) is 0 Å². The van der Waals surface area contributed by atoms with Crippen LogP contribution in [0.3, 0.4) is 0 Å². The second-order valence-electron chi connectivity index (χ2n) is 5.86. The number of para-hydroxylation sites is 2. The second kappa shape index (κ2) is 5.50. The van der Waals surface area contributed by atoms with Crippen molar-refractivity contribution in [3.63, 3.8) is 0 Å². The van der Waals surface area contributed by atoms with Crippen LogP contribution in [-0.4, -0.2) is 21.6 Å². The largest absolute Gasteiger partial charge is 0.325 e. The Balaban J connectivity index is 2.00. The molecule has 4 nitrogen and oxygen atoms in total. The molecule has 1 aliphatic carbocycles. The van der Waals surface area contributed by atoms with Gasteiger partial charge in [0.2, 0.25) is 0 Å². The number of nitrogens with zero attached hydrogens (tertiary/aromatic N) is 3. The van der Waals surface area contributed by atoms with E-state index in [2.05, 4.69) is 48.0 Å². The van der Waals surface area contributed by atoms with E-state index in [1.54, 1.807) is 0 Å². The molecule has 0 spiro atoms. The lowest BCUT2D eigenvalue weighted by molar-refractivity contribution is 0.408. The molecule has 1 fully saturated rings. The molecular formula is C17H22N4. The van der Waals surface area contributed by atoms with Crippen molar-refractivity contribution >= 4 is 11.0 Å². The Labute approximate surface area is 125 Å². The first-order valence-corrected chi connectivity index (χ1v) is 7.85. The number of hydrogen-bond donors (Lipinski definition) is 1. The van der Waals surface area contributed by atoms with Gasteiger partial charge in [-0.2, -0.15) is 5.26 Å². The van der Waals surface area contributed by atoms with Crippen LogP contribution in [0.15, 0.2) is 24.3 Å². The van der Waals surface area contributed by atoms with Gasteiger partial charge in [-0.3, -0.25) is 5.32 Å². The Morgan fingerprint density at radius 1 is 1.43 bits per heavy atom. The summed E-state index contributed by atoms with van der Waals surface area (Å²) in [5.74, 6) is 1.13. The lowest BCUT2D eigenvalue weighted by Crippen LogP contribution is -2.41. The van der Waals surface area contributed by atoms with Crippen molar-refractivity contribution in [1.29, 1.82) is 5.26 Å². The van der Waals surface area contributed by atoms with E-state index in [1.807, 2.05) is 6.07 Å². The van der Waals surface area contributed by atoms with Crippen LogP contribution in [0.1, 0.15) is 45.0 Å². The molecule has 0 aliphatic heterocycles. The van der Waals surface area contributed by atoms with Crippen LogP contribution in [0.5, 0.6) is 0 Å². The second-order valence-corrected chi connectivity index (χ2v) is 5.86. The third-order valence-corrected chi connectivity index (χ3v) is 4.57. The lowest BCUT2D eigenvalue weighted by Gasteiger charge is -2.23. The highest BCUT2D eigenvalue weighted by Gasteiger charge is 2.40. The van der Waals surface area contributed by atoms with Gasteiger partial charge in [0, 0.05) is 12.5 Å². The van der Waals surface area contributed by atoms with Gasteiger partial charge in [0.1, 0.15) is 11.4 Å². The fourth-order valence-electron chi connectivity index (χ4n) is 3.63. The molecule has 2 atom stereocenters. The van der Waals surface area contributed by atoms with Crippen molar-refractivity contribution in [1.82, 2.24) is 14.9 Å². The van der Waals surface area contributed by atoms with Crippen LogP contribution in [-0.2, 0) is 6.42 Å². The molecule has 2 unspecified atom stereocenters. The van der Waals surface area contributed by atoms with Gasteiger partial charge in [0.05, 0.1) is 17.1 Å². The third kappa shape index (κ3) is 2.32. The maximum atomic E-state index is 9.57. The van der Waals surface area contributed by atoms with E-state index in [0.29, 0.717) is 6.04 Å². The minimum absolute atomic E-state index is 0.365. The molecule has 1 N–H and O–H groups in total. The first kappa shape index (κ1) is 14.1. The summed E-state index contributed by atoms with van der Waals surface area (Å²) < 4.78 is 2.37. The molecule has 4 heteroatoms. The van der Waals surface area contributed by atoms with Gasteiger partial charge in [-0.15, -0.1) is 0 Å². The minimum atomic E-state index is -0.365. The number of aryl methyl sites for hydroxylation is 1. The molecule has 110 valence electrons. The van der Waals surface area contributed by atoms with Crippen molar-refractivity contribution < 1.29 is 0 Å². The molecule has 0 bridgehead atoms. The first-order valence-electron chi connectivity index (χ1n) is 7.85. The topological polar surface area (TPSA) is 53.6 Å². The highest BCUT2D eigenvalue weighted by Crippen LogP contribution is 2.39. The van der Waals surface area contributed by atoms with Gasteiger partial charge in [-0.05, 0) is 37.9 Å². The molecule has 3 rings (SSSR count). The zero-order valence-corrected chi connectivity index (χ0v) is 12.8. The Bertz CT molecular complexity index is 682. The van der Waals surface area contributed by atoms with E-state index in [-0.39, 0.29) is 5.54 Å². The van der Waals surface area contributed by atoms with Crippen molar-refractivity contribution in [2.45, 2.75) is 51.1 Å². The monoisotopic (exact) mass is 282 g/mol. The smallest absolute Gasteiger partial charge is 0.109 e. The van der Waals surface area contributed by atoms with Crippen LogP contribution in [0.2, 0.25) is 0 Å². The number of hydrogen-bond acceptors (Lipinski definition) is 3. The first-order chi connectivity index (χ1) is 10.2. The highest BCUT2D eigenvalue weighted by molar-refractivity contribution is 5.76. The number of imidazole rings is 1. The number of nitrogens with one attached hydrogen (secondary N) is 1. The zero-order chi connectivity index (χ0) is 14.9. The highest BCUT2D eigenvalue weighted by atomic mass is 15.1. The molecule has 1 aliphatic rings. The minimum Gasteiger partial charge on any atom is -0.325 e. The molecule has 0 radical (unpaired) electrons. The molecule has 1 heterocycles. The Hall–Kier alpha value is -1.86. The summed E-state index contributed by atoms with van der Waals surface area (Å²) in [6, 6.07) is 11.2.